The molecule has 1 aromatic rings. The van der Waals surface area contributed by atoms with Gasteiger partial charge in [0.05, 0.1) is 29.7 Å². The van der Waals surface area contributed by atoms with Gasteiger partial charge in [-0.15, -0.1) is 11.8 Å². The Hall–Kier alpha value is -1.51. The van der Waals surface area contributed by atoms with Gasteiger partial charge in [-0.05, 0) is 31.9 Å². The van der Waals surface area contributed by atoms with Crippen molar-refractivity contribution in [2.75, 3.05) is 11.1 Å². The molecule has 0 saturated heterocycles. The predicted molar refractivity (Wildman–Crippen MR) is 88.6 cm³/mol. The highest BCUT2D eigenvalue weighted by Gasteiger charge is 2.33. The number of hydrogen-bond donors (Lipinski definition) is 2. The maximum absolute atomic E-state index is 12.2. The molecular weight excluding hydrogens is 296 g/mol. The van der Waals surface area contributed by atoms with E-state index in [2.05, 4.69) is 11.4 Å². The highest BCUT2D eigenvalue weighted by Crippen LogP contribution is 2.33. The average Bonchev–Trinajstić information content (AvgIpc) is 2.92. The van der Waals surface area contributed by atoms with Gasteiger partial charge in [-0.3, -0.25) is 4.79 Å². The molecule has 1 amide bonds. The summed E-state index contributed by atoms with van der Waals surface area (Å²) in [7, 11) is 0. The number of nitrogens with zero attached hydrogens (tertiary/aromatic N) is 1. The average molecular weight is 318 g/mol. The summed E-state index contributed by atoms with van der Waals surface area (Å²) in [6.07, 6.45) is 3.54. The normalized spacial score (nSPS) is 17.7. The number of amides is 1. The Labute approximate surface area is 135 Å². The van der Waals surface area contributed by atoms with Gasteiger partial charge in [-0.2, -0.15) is 5.26 Å². The topological polar surface area (TPSA) is 73.1 Å². The van der Waals surface area contributed by atoms with Crippen molar-refractivity contribution in [3.63, 3.8) is 0 Å². The largest absolute Gasteiger partial charge is 0.389 e. The molecular formula is C17H22N2O2S. The van der Waals surface area contributed by atoms with Crippen LogP contribution in [-0.4, -0.2) is 22.4 Å². The van der Waals surface area contributed by atoms with Crippen LogP contribution < -0.4 is 5.32 Å². The third-order valence-corrected chi connectivity index (χ3v) is 5.23. The Morgan fingerprint density at radius 1 is 1.45 bits per heavy atom. The molecule has 0 radical (unpaired) electrons. The summed E-state index contributed by atoms with van der Waals surface area (Å²) in [6.45, 7) is 1.88. The fourth-order valence-corrected chi connectivity index (χ4v) is 3.60. The summed E-state index contributed by atoms with van der Waals surface area (Å²) in [5.41, 5.74) is -0.0779. The molecule has 1 aromatic carbocycles. The van der Waals surface area contributed by atoms with E-state index in [4.69, 9.17) is 5.26 Å². The second-order valence-electron chi connectivity index (χ2n) is 5.99. The van der Waals surface area contributed by atoms with Crippen molar-refractivity contribution < 1.29 is 9.90 Å². The van der Waals surface area contributed by atoms with Crippen LogP contribution in [0.15, 0.2) is 29.2 Å². The van der Waals surface area contributed by atoms with E-state index in [1.165, 1.54) is 0 Å². The number of carbonyl (C=O) groups is 1. The number of nitriles is 1. The predicted octanol–water partition coefficient (Wildman–Crippen LogP) is 3.57. The van der Waals surface area contributed by atoms with Crippen molar-refractivity contribution in [3.8, 4) is 6.07 Å². The first-order valence-corrected chi connectivity index (χ1v) is 8.65. The summed E-state index contributed by atoms with van der Waals surface area (Å²) in [5.74, 6) is 0.506. The fourth-order valence-electron chi connectivity index (χ4n) is 2.65. The van der Waals surface area contributed by atoms with Crippen LogP contribution in [0.1, 0.15) is 39.0 Å². The molecule has 1 aliphatic rings. The monoisotopic (exact) mass is 318 g/mol. The Morgan fingerprint density at radius 3 is 2.82 bits per heavy atom. The molecule has 1 saturated carbocycles. The second-order valence-corrected chi connectivity index (χ2v) is 7.06. The number of benzene rings is 1. The van der Waals surface area contributed by atoms with Crippen LogP contribution in [-0.2, 0) is 4.79 Å². The van der Waals surface area contributed by atoms with E-state index in [1.807, 2.05) is 31.2 Å². The van der Waals surface area contributed by atoms with Gasteiger partial charge in [0.2, 0.25) is 5.91 Å². The van der Waals surface area contributed by atoms with Gasteiger partial charge in [0.1, 0.15) is 0 Å². The van der Waals surface area contributed by atoms with E-state index in [9.17, 15) is 9.90 Å². The zero-order valence-corrected chi connectivity index (χ0v) is 13.7. The Balaban J connectivity index is 1.97. The van der Waals surface area contributed by atoms with E-state index in [-0.39, 0.29) is 18.2 Å². The summed E-state index contributed by atoms with van der Waals surface area (Å²) >= 11 is 1.56. The van der Waals surface area contributed by atoms with Gasteiger partial charge in [-0.1, -0.05) is 25.0 Å². The quantitative estimate of drug-likeness (QED) is 0.786. The number of aliphatic hydroxyl groups is 1. The van der Waals surface area contributed by atoms with Crippen molar-refractivity contribution in [1.82, 2.24) is 0 Å². The fraction of sp³-hybridized carbons (Fsp3) is 0.529. The number of para-hydroxylation sites is 1. The van der Waals surface area contributed by atoms with Crippen LogP contribution in [0.2, 0.25) is 0 Å². The van der Waals surface area contributed by atoms with Crippen molar-refractivity contribution in [1.29, 1.82) is 5.26 Å². The molecule has 0 bridgehead atoms. The zero-order chi connectivity index (χ0) is 16.0. The maximum Gasteiger partial charge on any atom is 0.227 e. The summed E-state index contributed by atoms with van der Waals surface area (Å²) in [4.78, 5) is 13.1. The lowest BCUT2D eigenvalue weighted by atomic mass is 9.97. The number of thioether (sulfide) groups is 1. The van der Waals surface area contributed by atoms with Crippen LogP contribution in [0.25, 0.3) is 0 Å². The molecule has 22 heavy (non-hydrogen) atoms. The number of anilines is 1. The van der Waals surface area contributed by atoms with Gasteiger partial charge >= 0.3 is 0 Å². The first kappa shape index (κ1) is 16.9. The van der Waals surface area contributed by atoms with Crippen molar-refractivity contribution in [3.05, 3.63) is 24.3 Å². The molecule has 1 aliphatic carbocycles. The van der Waals surface area contributed by atoms with E-state index >= 15 is 0 Å². The summed E-state index contributed by atoms with van der Waals surface area (Å²) in [5, 5.41) is 22.1. The van der Waals surface area contributed by atoms with Gasteiger partial charge in [0.25, 0.3) is 0 Å². The van der Waals surface area contributed by atoms with Crippen LogP contribution >= 0.6 is 11.8 Å². The van der Waals surface area contributed by atoms with Crippen LogP contribution in [0.5, 0.6) is 0 Å². The highest BCUT2D eigenvalue weighted by atomic mass is 32.2. The minimum absolute atomic E-state index is 0.0343. The Bertz CT molecular complexity index is 562. The molecule has 2 rings (SSSR count). The standard InChI is InChI=1S/C17H22N2O2S/c1-13(11-18)12-22-15-7-3-2-6-14(15)19-16(20)10-17(21)8-4-5-9-17/h2-3,6-7,13,21H,4-5,8-10,12H2,1H3,(H,19,20). The van der Waals surface area contributed by atoms with E-state index in [0.29, 0.717) is 18.6 Å². The van der Waals surface area contributed by atoms with E-state index in [0.717, 1.165) is 23.4 Å². The molecule has 1 fully saturated rings. The van der Waals surface area contributed by atoms with Crippen molar-refractivity contribution in [2.24, 2.45) is 5.92 Å². The van der Waals surface area contributed by atoms with Crippen LogP contribution in [0.3, 0.4) is 0 Å². The molecule has 1 atom stereocenters. The van der Waals surface area contributed by atoms with Crippen molar-refractivity contribution >= 4 is 23.4 Å². The Morgan fingerprint density at radius 2 is 2.14 bits per heavy atom. The molecule has 5 heteroatoms. The molecule has 0 aromatic heterocycles. The number of hydrogen-bond acceptors (Lipinski definition) is 4. The van der Waals surface area contributed by atoms with Crippen LogP contribution in [0.4, 0.5) is 5.69 Å². The summed E-state index contributed by atoms with van der Waals surface area (Å²) in [6, 6.07) is 9.79. The number of carbonyl (C=O) groups excluding carboxylic acids is 1. The van der Waals surface area contributed by atoms with E-state index < -0.39 is 5.60 Å². The smallest absolute Gasteiger partial charge is 0.227 e. The first-order valence-electron chi connectivity index (χ1n) is 7.66. The van der Waals surface area contributed by atoms with Gasteiger partial charge < -0.3 is 10.4 Å². The highest BCUT2D eigenvalue weighted by molar-refractivity contribution is 7.99. The number of rotatable bonds is 6. The van der Waals surface area contributed by atoms with Gasteiger partial charge in [0.15, 0.2) is 0 Å². The Kier molecular flexibility index (Phi) is 5.87. The molecule has 1 unspecified atom stereocenters. The molecule has 0 spiro atoms. The molecule has 0 aliphatic heterocycles. The maximum atomic E-state index is 12.2. The SMILES string of the molecule is CC(C#N)CSc1ccccc1NC(=O)CC1(O)CCCC1. The minimum atomic E-state index is -0.832. The molecule has 2 N–H and O–H groups in total. The lowest BCUT2D eigenvalue weighted by molar-refractivity contribution is -0.120. The lowest BCUT2D eigenvalue weighted by Crippen LogP contribution is -2.30. The first-order chi connectivity index (χ1) is 10.5. The van der Waals surface area contributed by atoms with E-state index in [1.54, 1.807) is 11.8 Å². The van der Waals surface area contributed by atoms with Crippen LogP contribution in [0, 0.1) is 17.2 Å². The third kappa shape index (κ3) is 4.75. The second kappa shape index (κ2) is 7.66. The lowest BCUT2D eigenvalue weighted by Gasteiger charge is -2.21. The summed E-state index contributed by atoms with van der Waals surface area (Å²) < 4.78 is 0. The molecule has 118 valence electrons. The molecule has 0 heterocycles. The zero-order valence-electron chi connectivity index (χ0n) is 12.8. The van der Waals surface area contributed by atoms with Gasteiger partial charge in [0, 0.05) is 10.6 Å². The third-order valence-electron chi connectivity index (χ3n) is 3.89. The van der Waals surface area contributed by atoms with Gasteiger partial charge in [-0.25, -0.2) is 0 Å². The molecule has 4 nitrogen and oxygen atoms in total. The van der Waals surface area contributed by atoms with Crippen molar-refractivity contribution in [2.45, 2.75) is 49.5 Å². The number of nitrogens with one attached hydrogen (secondary N) is 1. The minimum Gasteiger partial charge on any atom is -0.389 e.